The van der Waals surface area contributed by atoms with Crippen LogP contribution in [-0.4, -0.2) is 35.0 Å². The zero-order valence-electron chi connectivity index (χ0n) is 14.6. The second-order valence-corrected chi connectivity index (χ2v) is 6.74. The highest BCUT2D eigenvalue weighted by Crippen LogP contribution is 2.17. The van der Waals surface area contributed by atoms with Gasteiger partial charge in [0.05, 0.1) is 6.42 Å². The van der Waals surface area contributed by atoms with Crippen LogP contribution in [0.3, 0.4) is 0 Å². The highest BCUT2D eigenvalue weighted by Gasteiger charge is 2.25. The molecular formula is C20H24N4O. The molecule has 0 spiro atoms. The molecule has 5 heteroatoms. The number of nitrogens with zero attached hydrogens (tertiary/aromatic N) is 3. The Bertz CT molecular complexity index is 760. The Morgan fingerprint density at radius 1 is 1.32 bits per heavy atom. The summed E-state index contributed by atoms with van der Waals surface area (Å²) >= 11 is 0. The lowest BCUT2D eigenvalue weighted by atomic mass is 10.1. The van der Waals surface area contributed by atoms with Gasteiger partial charge < -0.3 is 14.8 Å². The molecule has 2 heterocycles. The molecule has 1 atom stereocenters. The van der Waals surface area contributed by atoms with Gasteiger partial charge in [-0.15, -0.1) is 0 Å². The van der Waals surface area contributed by atoms with E-state index in [1.807, 2.05) is 59.1 Å². The molecular weight excluding hydrogens is 312 g/mol. The summed E-state index contributed by atoms with van der Waals surface area (Å²) in [5.74, 6) is 0.717. The van der Waals surface area contributed by atoms with Crippen LogP contribution in [0.5, 0.6) is 0 Å². The fourth-order valence-corrected chi connectivity index (χ4v) is 3.37. The minimum Gasteiger partial charge on any atom is -0.342 e. The van der Waals surface area contributed by atoms with Gasteiger partial charge in [0, 0.05) is 39.4 Å². The van der Waals surface area contributed by atoms with Crippen LogP contribution in [0.4, 0.5) is 0 Å². The smallest absolute Gasteiger partial charge is 0.226 e. The average molecular weight is 336 g/mol. The predicted octanol–water partition coefficient (Wildman–Crippen LogP) is 2.08. The van der Waals surface area contributed by atoms with Crippen molar-refractivity contribution in [2.75, 3.05) is 19.6 Å². The number of hydrogen-bond acceptors (Lipinski definition) is 3. The number of nitrogens with one attached hydrogen (secondary N) is 1. The van der Waals surface area contributed by atoms with Gasteiger partial charge in [-0.3, -0.25) is 4.79 Å². The SMILES string of the molecule is Cn1cc(CNCC2CCN(C(=O)Cc3ccccc3)C2)cc1C#N. The van der Waals surface area contributed by atoms with Gasteiger partial charge in [0.1, 0.15) is 11.8 Å². The summed E-state index contributed by atoms with van der Waals surface area (Å²) in [6, 6.07) is 14.0. The molecule has 1 aliphatic heterocycles. The first-order chi connectivity index (χ1) is 12.2. The highest BCUT2D eigenvalue weighted by molar-refractivity contribution is 5.79. The maximum atomic E-state index is 12.4. The van der Waals surface area contributed by atoms with Gasteiger partial charge in [-0.2, -0.15) is 5.26 Å². The molecule has 1 unspecified atom stereocenters. The number of carbonyl (C=O) groups excluding carboxylic acids is 1. The molecule has 0 bridgehead atoms. The Morgan fingerprint density at radius 3 is 2.84 bits per heavy atom. The number of amides is 1. The second-order valence-electron chi connectivity index (χ2n) is 6.74. The van der Waals surface area contributed by atoms with Gasteiger partial charge in [-0.1, -0.05) is 30.3 Å². The Labute approximate surface area is 148 Å². The molecule has 25 heavy (non-hydrogen) atoms. The van der Waals surface area contributed by atoms with E-state index in [4.69, 9.17) is 5.26 Å². The molecule has 5 nitrogen and oxygen atoms in total. The van der Waals surface area contributed by atoms with E-state index in [9.17, 15) is 4.79 Å². The lowest BCUT2D eigenvalue weighted by molar-refractivity contribution is -0.129. The zero-order valence-corrected chi connectivity index (χ0v) is 14.6. The Hall–Kier alpha value is -2.58. The first-order valence-corrected chi connectivity index (χ1v) is 8.73. The van der Waals surface area contributed by atoms with E-state index < -0.39 is 0 Å². The molecule has 0 aliphatic carbocycles. The number of likely N-dealkylation sites (tertiary alicyclic amines) is 1. The quantitative estimate of drug-likeness (QED) is 0.878. The number of nitriles is 1. The van der Waals surface area contributed by atoms with Gasteiger partial charge in [0.2, 0.25) is 5.91 Å². The average Bonchev–Trinajstić information content (AvgIpc) is 3.22. The first-order valence-electron chi connectivity index (χ1n) is 8.73. The molecule has 1 fully saturated rings. The van der Waals surface area contributed by atoms with E-state index in [-0.39, 0.29) is 5.91 Å². The van der Waals surface area contributed by atoms with Crippen LogP contribution >= 0.6 is 0 Å². The summed E-state index contributed by atoms with van der Waals surface area (Å²) < 4.78 is 1.84. The number of carbonyl (C=O) groups is 1. The van der Waals surface area contributed by atoms with Gasteiger partial charge >= 0.3 is 0 Å². The van der Waals surface area contributed by atoms with Crippen molar-refractivity contribution in [3.63, 3.8) is 0 Å². The van der Waals surface area contributed by atoms with E-state index in [0.717, 1.165) is 43.7 Å². The fraction of sp³-hybridized carbons (Fsp3) is 0.400. The van der Waals surface area contributed by atoms with Crippen molar-refractivity contribution < 1.29 is 4.79 Å². The van der Waals surface area contributed by atoms with Gasteiger partial charge in [-0.05, 0) is 29.5 Å². The maximum absolute atomic E-state index is 12.4. The molecule has 3 rings (SSSR count). The summed E-state index contributed by atoms with van der Waals surface area (Å²) in [7, 11) is 1.88. The van der Waals surface area contributed by atoms with Crippen molar-refractivity contribution in [2.24, 2.45) is 13.0 Å². The normalized spacial score (nSPS) is 16.8. The van der Waals surface area contributed by atoms with E-state index in [2.05, 4.69) is 11.4 Å². The largest absolute Gasteiger partial charge is 0.342 e. The van der Waals surface area contributed by atoms with Crippen molar-refractivity contribution in [1.29, 1.82) is 5.26 Å². The topological polar surface area (TPSA) is 61.1 Å². The summed E-state index contributed by atoms with van der Waals surface area (Å²) in [6.07, 6.45) is 3.52. The monoisotopic (exact) mass is 336 g/mol. The second kappa shape index (κ2) is 8.00. The number of rotatable bonds is 6. The standard InChI is InChI=1S/C20H24N4O/c1-23-14-18(9-19(23)11-21)13-22-12-17-7-8-24(15-17)20(25)10-16-5-3-2-4-6-16/h2-6,9,14,17,22H,7-8,10,12-13,15H2,1H3. The summed E-state index contributed by atoms with van der Waals surface area (Å²) in [6.45, 7) is 3.33. The Balaban J connectivity index is 1.42. The summed E-state index contributed by atoms with van der Waals surface area (Å²) in [5.41, 5.74) is 2.87. The predicted molar refractivity (Wildman–Crippen MR) is 96.7 cm³/mol. The third-order valence-corrected chi connectivity index (χ3v) is 4.77. The first kappa shape index (κ1) is 17.2. The van der Waals surface area contributed by atoms with Crippen LogP contribution in [0.25, 0.3) is 0 Å². The van der Waals surface area contributed by atoms with Gasteiger partial charge in [0.15, 0.2) is 0 Å². The molecule has 0 radical (unpaired) electrons. The molecule has 1 aliphatic rings. The van der Waals surface area contributed by atoms with Crippen molar-refractivity contribution >= 4 is 5.91 Å². The number of hydrogen-bond donors (Lipinski definition) is 1. The van der Waals surface area contributed by atoms with Gasteiger partial charge in [-0.25, -0.2) is 0 Å². The van der Waals surface area contributed by atoms with Crippen molar-refractivity contribution in [1.82, 2.24) is 14.8 Å². The molecule has 2 aromatic rings. The molecule has 1 amide bonds. The van der Waals surface area contributed by atoms with E-state index >= 15 is 0 Å². The van der Waals surface area contributed by atoms with Gasteiger partial charge in [0.25, 0.3) is 0 Å². The minimum absolute atomic E-state index is 0.218. The highest BCUT2D eigenvalue weighted by atomic mass is 16.2. The Kier molecular flexibility index (Phi) is 5.52. The molecule has 1 aromatic heterocycles. The molecule has 0 saturated carbocycles. The van der Waals surface area contributed by atoms with E-state index in [0.29, 0.717) is 18.0 Å². The lowest BCUT2D eigenvalue weighted by Crippen LogP contribution is -2.31. The van der Waals surface area contributed by atoms with Crippen LogP contribution in [0.2, 0.25) is 0 Å². The number of benzene rings is 1. The van der Waals surface area contributed by atoms with Crippen LogP contribution in [-0.2, 0) is 24.8 Å². The van der Waals surface area contributed by atoms with Crippen molar-refractivity contribution in [3.8, 4) is 6.07 Å². The molecule has 1 aromatic carbocycles. The summed E-state index contributed by atoms with van der Waals surface area (Å²) in [4.78, 5) is 14.4. The maximum Gasteiger partial charge on any atom is 0.226 e. The Morgan fingerprint density at radius 2 is 2.12 bits per heavy atom. The lowest BCUT2D eigenvalue weighted by Gasteiger charge is -2.17. The minimum atomic E-state index is 0.218. The third-order valence-electron chi connectivity index (χ3n) is 4.77. The number of aromatic nitrogens is 1. The van der Waals surface area contributed by atoms with Crippen LogP contribution in [0.15, 0.2) is 42.6 Å². The fourth-order valence-electron chi connectivity index (χ4n) is 3.37. The van der Waals surface area contributed by atoms with Crippen LogP contribution in [0.1, 0.15) is 23.2 Å². The summed E-state index contributed by atoms with van der Waals surface area (Å²) in [5, 5.41) is 12.4. The number of aryl methyl sites for hydroxylation is 1. The molecule has 130 valence electrons. The molecule has 1 N–H and O–H groups in total. The van der Waals surface area contributed by atoms with Crippen LogP contribution in [0, 0.1) is 17.2 Å². The zero-order chi connectivity index (χ0) is 17.6. The van der Waals surface area contributed by atoms with E-state index in [1.54, 1.807) is 0 Å². The van der Waals surface area contributed by atoms with Crippen LogP contribution < -0.4 is 5.32 Å². The third kappa shape index (κ3) is 4.49. The molecule has 1 saturated heterocycles. The van der Waals surface area contributed by atoms with Crippen molar-refractivity contribution in [3.05, 3.63) is 59.4 Å². The van der Waals surface area contributed by atoms with E-state index in [1.165, 1.54) is 0 Å². The van der Waals surface area contributed by atoms with Crippen molar-refractivity contribution in [2.45, 2.75) is 19.4 Å².